The van der Waals surface area contributed by atoms with E-state index in [1.807, 2.05) is 0 Å². The number of ether oxygens (including phenoxy) is 1. The van der Waals surface area contributed by atoms with E-state index in [1.165, 1.54) is 23.6 Å². The van der Waals surface area contributed by atoms with Crippen LogP contribution in [0.1, 0.15) is 70.8 Å². The molecule has 0 heterocycles. The van der Waals surface area contributed by atoms with Crippen molar-refractivity contribution in [3.8, 4) is 0 Å². The molecule has 0 atom stereocenters. The second-order valence-electron chi connectivity index (χ2n) is 8.00. The molecule has 0 unspecified atom stereocenters. The number of amides is 1. The molecule has 2 rings (SSSR count). The topological polar surface area (TPSA) is 92.8 Å². The number of hydrogen-bond donors (Lipinski definition) is 1. The van der Waals surface area contributed by atoms with Crippen LogP contribution in [0, 0.1) is 0 Å². The molecule has 0 aliphatic heterocycles. The van der Waals surface area contributed by atoms with Crippen molar-refractivity contribution >= 4 is 21.9 Å². The minimum Gasteiger partial charge on any atom is -0.456 e. The van der Waals surface area contributed by atoms with Gasteiger partial charge >= 0.3 is 5.97 Å². The van der Waals surface area contributed by atoms with E-state index in [4.69, 9.17) is 4.74 Å². The van der Waals surface area contributed by atoms with Gasteiger partial charge in [0.05, 0.1) is 4.90 Å². The third-order valence-electron chi connectivity index (χ3n) is 5.72. The Morgan fingerprint density at radius 2 is 1.58 bits per heavy atom. The van der Waals surface area contributed by atoms with Gasteiger partial charge in [-0.2, -0.15) is 4.31 Å². The van der Waals surface area contributed by atoms with Crippen molar-refractivity contribution in [2.45, 2.75) is 82.6 Å². The normalized spacial score (nSPS) is 15.8. The second-order valence-corrected chi connectivity index (χ2v) is 9.94. The van der Waals surface area contributed by atoms with Crippen LogP contribution in [0.15, 0.2) is 29.2 Å². The van der Waals surface area contributed by atoms with Gasteiger partial charge in [0.1, 0.15) is 0 Å². The van der Waals surface area contributed by atoms with Crippen LogP contribution in [0.3, 0.4) is 0 Å². The number of esters is 1. The molecule has 0 bridgehead atoms. The van der Waals surface area contributed by atoms with E-state index in [0.717, 1.165) is 31.2 Å². The van der Waals surface area contributed by atoms with Gasteiger partial charge in [0.15, 0.2) is 6.61 Å². The Balaban J connectivity index is 1.75. The molecule has 7 nitrogen and oxygen atoms in total. The first kappa shape index (κ1) is 25.3. The molecule has 0 saturated heterocycles. The van der Waals surface area contributed by atoms with E-state index in [2.05, 4.69) is 5.32 Å². The first-order valence-corrected chi connectivity index (χ1v) is 12.8. The molecule has 0 aromatic heterocycles. The molecule has 1 N–H and O–H groups in total. The molecule has 1 saturated carbocycles. The average molecular weight is 453 g/mol. The molecule has 8 heteroatoms. The number of rotatable bonds is 10. The molecular weight excluding hydrogens is 416 g/mol. The highest BCUT2D eigenvalue weighted by molar-refractivity contribution is 7.89. The first-order chi connectivity index (χ1) is 14.9. The minimum atomic E-state index is -3.49. The largest absolute Gasteiger partial charge is 0.456 e. The third-order valence-corrected chi connectivity index (χ3v) is 7.78. The number of carbonyl (C=O) groups is 2. The molecule has 1 aromatic rings. The van der Waals surface area contributed by atoms with Crippen LogP contribution in [0.2, 0.25) is 0 Å². The Kier molecular flexibility index (Phi) is 10.5. The Labute approximate surface area is 186 Å². The smallest absolute Gasteiger partial charge is 0.306 e. The summed E-state index contributed by atoms with van der Waals surface area (Å²) in [5, 5.41) is 2.98. The molecule has 1 aliphatic carbocycles. The van der Waals surface area contributed by atoms with Crippen molar-refractivity contribution in [2.75, 3.05) is 19.7 Å². The number of hydrogen-bond acceptors (Lipinski definition) is 5. The number of carbonyl (C=O) groups excluding carboxylic acids is 2. The molecule has 1 aromatic carbocycles. The van der Waals surface area contributed by atoms with Crippen molar-refractivity contribution in [1.82, 2.24) is 9.62 Å². The maximum atomic E-state index is 12.5. The van der Waals surface area contributed by atoms with Crippen molar-refractivity contribution in [1.29, 1.82) is 0 Å². The molecule has 174 valence electrons. The summed E-state index contributed by atoms with van der Waals surface area (Å²) < 4.78 is 31.5. The quantitative estimate of drug-likeness (QED) is 0.549. The highest BCUT2D eigenvalue weighted by Gasteiger charge is 2.21. The second kappa shape index (κ2) is 12.8. The van der Waals surface area contributed by atoms with Gasteiger partial charge in [0.2, 0.25) is 10.0 Å². The molecule has 1 fully saturated rings. The van der Waals surface area contributed by atoms with Gasteiger partial charge in [0, 0.05) is 25.6 Å². The SMILES string of the molecule is CCN(CC)S(=O)(=O)c1ccc(CCC(=O)OCC(=O)NC2CCCCCCC2)cc1. The van der Waals surface area contributed by atoms with Crippen LogP contribution in [0.4, 0.5) is 0 Å². The summed E-state index contributed by atoms with van der Waals surface area (Å²) in [6.07, 6.45) is 8.48. The maximum absolute atomic E-state index is 12.5. The molecular formula is C23H36N2O5S. The first-order valence-electron chi connectivity index (χ1n) is 11.4. The van der Waals surface area contributed by atoms with Crippen LogP contribution in [0.5, 0.6) is 0 Å². The van der Waals surface area contributed by atoms with E-state index >= 15 is 0 Å². The summed E-state index contributed by atoms with van der Waals surface area (Å²) in [4.78, 5) is 24.3. The summed E-state index contributed by atoms with van der Waals surface area (Å²) in [5.74, 6) is -0.683. The lowest BCUT2D eigenvalue weighted by molar-refractivity contribution is -0.148. The van der Waals surface area contributed by atoms with E-state index < -0.39 is 16.0 Å². The number of sulfonamides is 1. The van der Waals surface area contributed by atoms with E-state index in [9.17, 15) is 18.0 Å². The van der Waals surface area contributed by atoms with Crippen molar-refractivity contribution in [2.24, 2.45) is 0 Å². The zero-order valence-corrected chi connectivity index (χ0v) is 19.6. The molecule has 1 amide bonds. The van der Waals surface area contributed by atoms with Gasteiger partial charge in [0.25, 0.3) is 5.91 Å². The standard InChI is InChI=1S/C23H36N2O5S/c1-3-25(4-2)31(28,29)21-15-12-19(13-16-21)14-17-23(27)30-18-22(26)24-20-10-8-6-5-7-9-11-20/h12-13,15-16,20H,3-11,14,17-18H2,1-2H3,(H,24,26). The van der Waals surface area contributed by atoms with Gasteiger partial charge in [-0.1, -0.05) is 58.1 Å². The third kappa shape index (κ3) is 8.26. The lowest BCUT2D eigenvalue weighted by atomic mass is 9.97. The van der Waals surface area contributed by atoms with E-state index in [1.54, 1.807) is 38.1 Å². The maximum Gasteiger partial charge on any atom is 0.306 e. The summed E-state index contributed by atoms with van der Waals surface area (Å²) in [5.41, 5.74) is 0.842. The zero-order valence-electron chi connectivity index (χ0n) is 18.8. The van der Waals surface area contributed by atoms with Crippen LogP contribution >= 0.6 is 0 Å². The average Bonchev–Trinajstić information content (AvgIpc) is 2.73. The van der Waals surface area contributed by atoms with Crippen LogP contribution < -0.4 is 5.32 Å². The monoisotopic (exact) mass is 452 g/mol. The molecule has 0 spiro atoms. The molecule has 31 heavy (non-hydrogen) atoms. The highest BCUT2D eigenvalue weighted by Crippen LogP contribution is 2.18. The van der Waals surface area contributed by atoms with Gasteiger partial charge in [-0.15, -0.1) is 0 Å². The predicted octanol–water partition coefficient (Wildman–Crippen LogP) is 3.42. The number of benzene rings is 1. The van der Waals surface area contributed by atoms with Crippen molar-refractivity contribution in [3.63, 3.8) is 0 Å². The van der Waals surface area contributed by atoms with Crippen LogP contribution in [-0.4, -0.2) is 50.3 Å². The number of aryl methyl sites for hydroxylation is 1. The highest BCUT2D eigenvalue weighted by atomic mass is 32.2. The predicted molar refractivity (Wildman–Crippen MR) is 120 cm³/mol. The fourth-order valence-corrected chi connectivity index (χ4v) is 5.33. The molecule has 1 aliphatic rings. The summed E-state index contributed by atoms with van der Waals surface area (Å²) in [6.45, 7) is 4.19. The van der Waals surface area contributed by atoms with Crippen molar-refractivity contribution < 1.29 is 22.7 Å². The van der Waals surface area contributed by atoms with Gasteiger partial charge in [-0.3, -0.25) is 9.59 Å². The van der Waals surface area contributed by atoms with E-state index in [-0.39, 0.29) is 29.9 Å². The Morgan fingerprint density at radius 1 is 1.00 bits per heavy atom. The van der Waals surface area contributed by atoms with E-state index in [0.29, 0.717) is 19.5 Å². The Bertz CT molecular complexity index is 796. The summed E-state index contributed by atoms with van der Waals surface area (Å²) >= 11 is 0. The van der Waals surface area contributed by atoms with Crippen LogP contribution in [-0.2, 0) is 30.8 Å². The number of nitrogens with zero attached hydrogens (tertiary/aromatic N) is 1. The lowest BCUT2D eigenvalue weighted by Crippen LogP contribution is -2.38. The van der Waals surface area contributed by atoms with Crippen molar-refractivity contribution in [3.05, 3.63) is 29.8 Å². The Hall–Kier alpha value is -1.93. The van der Waals surface area contributed by atoms with Gasteiger partial charge in [-0.05, 0) is 37.0 Å². The zero-order chi connectivity index (χ0) is 22.7. The fraction of sp³-hybridized carbons (Fsp3) is 0.652. The molecule has 0 radical (unpaired) electrons. The van der Waals surface area contributed by atoms with Crippen LogP contribution in [0.25, 0.3) is 0 Å². The Morgan fingerprint density at radius 3 is 2.16 bits per heavy atom. The lowest BCUT2D eigenvalue weighted by Gasteiger charge is -2.20. The van der Waals surface area contributed by atoms with Gasteiger partial charge in [-0.25, -0.2) is 8.42 Å². The summed E-state index contributed by atoms with van der Waals surface area (Å²) in [6, 6.07) is 6.74. The van der Waals surface area contributed by atoms with Gasteiger partial charge < -0.3 is 10.1 Å². The summed E-state index contributed by atoms with van der Waals surface area (Å²) in [7, 11) is -3.49. The minimum absolute atomic E-state index is 0.138. The fourth-order valence-electron chi connectivity index (χ4n) is 3.88. The number of nitrogens with one attached hydrogen (secondary N) is 1.